The summed E-state index contributed by atoms with van der Waals surface area (Å²) >= 11 is 0. The monoisotopic (exact) mass is 327 g/mol. The van der Waals surface area contributed by atoms with Gasteiger partial charge >= 0.3 is 6.09 Å². The summed E-state index contributed by atoms with van der Waals surface area (Å²) in [4.78, 5) is 16.0. The van der Waals surface area contributed by atoms with Crippen molar-refractivity contribution in [3.05, 3.63) is 102 Å². The zero-order chi connectivity index (χ0) is 17.1. The van der Waals surface area contributed by atoms with Gasteiger partial charge in [0.25, 0.3) is 0 Å². The maximum absolute atomic E-state index is 11.9. The number of hydrogen-bond acceptors (Lipinski definition) is 2. The number of allylic oxidation sites excluding steroid dienone is 3. The van der Waals surface area contributed by atoms with Gasteiger partial charge in [0, 0.05) is 11.5 Å². The Kier molecular flexibility index (Phi) is 4.13. The molecule has 1 aliphatic heterocycles. The first-order valence-electron chi connectivity index (χ1n) is 8.27. The van der Waals surface area contributed by atoms with E-state index in [9.17, 15) is 4.79 Å². The summed E-state index contributed by atoms with van der Waals surface area (Å²) in [6.07, 6.45) is 9.31. The highest BCUT2D eigenvalue weighted by Gasteiger charge is 2.36. The highest BCUT2D eigenvalue weighted by Crippen LogP contribution is 2.31. The molecule has 0 N–H and O–H groups in total. The molecule has 2 aromatic carbocycles. The molecule has 2 aliphatic rings. The summed E-state index contributed by atoms with van der Waals surface area (Å²) in [6.45, 7) is 0. The first-order chi connectivity index (χ1) is 12.3. The second-order valence-corrected chi connectivity index (χ2v) is 5.99. The molecule has 3 nitrogen and oxygen atoms in total. The van der Waals surface area contributed by atoms with E-state index >= 15 is 0 Å². The highest BCUT2D eigenvalue weighted by molar-refractivity contribution is 6.12. The fourth-order valence-electron chi connectivity index (χ4n) is 3.17. The fraction of sp³-hybridized carbons (Fsp3) is 0.0909. The predicted octanol–water partition coefficient (Wildman–Crippen LogP) is 4.82. The molecule has 3 heteroatoms. The number of aliphatic imine (C=N–C) groups is 1. The van der Waals surface area contributed by atoms with Gasteiger partial charge in [0.15, 0.2) is 6.10 Å². The molecule has 2 atom stereocenters. The Labute approximate surface area is 146 Å². The van der Waals surface area contributed by atoms with Gasteiger partial charge in [0.05, 0.1) is 5.71 Å². The summed E-state index contributed by atoms with van der Waals surface area (Å²) in [6, 6.07) is 19.9. The molecule has 1 amide bonds. The van der Waals surface area contributed by atoms with E-state index in [1.54, 1.807) is 0 Å². The van der Waals surface area contributed by atoms with Crippen molar-refractivity contribution in [1.82, 2.24) is 0 Å². The molecule has 25 heavy (non-hydrogen) atoms. The van der Waals surface area contributed by atoms with Crippen LogP contribution in [-0.2, 0) is 4.74 Å². The topological polar surface area (TPSA) is 38.7 Å². The van der Waals surface area contributed by atoms with Crippen LogP contribution in [0.1, 0.15) is 11.1 Å². The van der Waals surface area contributed by atoms with Crippen LogP contribution in [0.2, 0.25) is 0 Å². The smallest absolute Gasteiger partial charge is 0.434 e. The van der Waals surface area contributed by atoms with E-state index in [0.717, 1.165) is 16.7 Å². The van der Waals surface area contributed by atoms with Crippen molar-refractivity contribution in [3.63, 3.8) is 0 Å². The quantitative estimate of drug-likeness (QED) is 0.810. The molecule has 1 aliphatic carbocycles. The van der Waals surface area contributed by atoms with Crippen molar-refractivity contribution in [3.8, 4) is 0 Å². The lowest BCUT2D eigenvalue weighted by Gasteiger charge is -2.24. The van der Waals surface area contributed by atoms with Crippen LogP contribution < -0.4 is 0 Å². The Morgan fingerprint density at radius 3 is 2.40 bits per heavy atom. The van der Waals surface area contributed by atoms with Gasteiger partial charge in [-0.3, -0.25) is 0 Å². The first kappa shape index (κ1) is 15.3. The van der Waals surface area contributed by atoms with Crippen LogP contribution in [0.25, 0.3) is 6.08 Å². The number of carbonyl (C=O) groups is 1. The number of nitrogens with zero attached hydrogens (tertiary/aromatic N) is 1. The van der Waals surface area contributed by atoms with Crippen molar-refractivity contribution in [2.45, 2.75) is 6.10 Å². The number of cyclic esters (lactones) is 1. The van der Waals surface area contributed by atoms with E-state index in [4.69, 9.17) is 4.74 Å². The molecular formula is C22H17NO2. The Morgan fingerprint density at radius 2 is 1.64 bits per heavy atom. The largest absolute Gasteiger partial charge is 0.437 e. The lowest BCUT2D eigenvalue weighted by Crippen LogP contribution is -2.30. The Hall–Kier alpha value is -3.20. The Balaban J connectivity index is 1.70. The maximum atomic E-state index is 11.9. The van der Waals surface area contributed by atoms with Gasteiger partial charge in [0.1, 0.15) is 0 Å². The Morgan fingerprint density at radius 1 is 0.920 bits per heavy atom. The van der Waals surface area contributed by atoms with E-state index < -0.39 is 12.2 Å². The second-order valence-electron chi connectivity index (χ2n) is 5.99. The zero-order valence-electron chi connectivity index (χ0n) is 13.6. The van der Waals surface area contributed by atoms with Gasteiger partial charge in [-0.2, -0.15) is 4.99 Å². The van der Waals surface area contributed by atoms with Crippen molar-refractivity contribution in [2.24, 2.45) is 10.9 Å². The zero-order valence-corrected chi connectivity index (χ0v) is 13.6. The van der Waals surface area contributed by atoms with Crippen LogP contribution in [0.5, 0.6) is 0 Å². The minimum atomic E-state index is -0.522. The van der Waals surface area contributed by atoms with Crippen LogP contribution >= 0.6 is 0 Å². The third kappa shape index (κ3) is 3.22. The van der Waals surface area contributed by atoms with Crippen LogP contribution in [-0.4, -0.2) is 17.9 Å². The minimum absolute atomic E-state index is 0.0596. The molecule has 2 aromatic rings. The standard InChI is InChI=1S/C22H17NO2/c24-22-23-20(17-11-5-2-6-12-17)21(25-22)19-14-8-7-13-18(19)15-16-9-3-1-4-10-16/h1-15,19,21H. The van der Waals surface area contributed by atoms with Gasteiger partial charge in [0.2, 0.25) is 0 Å². The van der Waals surface area contributed by atoms with Gasteiger partial charge in [-0.1, -0.05) is 91.0 Å². The highest BCUT2D eigenvalue weighted by atomic mass is 16.6. The van der Waals surface area contributed by atoms with Crippen LogP contribution in [0.4, 0.5) is 4.79 Å². The van der Waals surface area contributed by atoms with E-state index in [1.165, 1.54) is 0 Å². The SMILES string of the molecule is O=C1N=C(c2ccccc2)C(C2C=CC=CC2=Cc2ccccc2)O1. The van der Waals surface area contributed by atoms with Crippen LogP contribution in [0.3, 0.4) is 0 Å². The lowest BCUT2D eigenvalue weighted by atomic mass is 9.84. The molecule has 122 valence electrons. The van der Waals surface area contributed by atoms with Crippen LogP contribution in [0.15, 0.2) is 95.5 Å². The normalized spacial score (nSPS) is 23.6. The summed E-state index contributed by atoms with van der Waals surface area (Å²) in [5, 5.41) is 0. The van der Waals surface area contributed by atoms with Crippen molar-refractivity contribution < 1.29 is 9.53 Å². The number of ether oxygens (including phenoxy) is 1. The lowest BCUT2D eigenvalue weighted by molar-refractivity contribution is 0.137. The molecular weight excluding hydrogens is 310 g/mol. The van der Waals surface area contributed by atoms with E-state index in [1.807, 2.05) is 60.7 Å². The predicted molar refractivity (Wildman–Crippen MR) is 99.4 cm³/mol. The number of rotatable bonds is 3. The first-order valence-corrected chi connectivity index (χ1v) is 8.27. The molecule has 0 fully saturated rings. The van der Waals surface area contributed by atoms with E-state index in [2.05, 4.69) is 35.4 Å². The number of benzene rings is 2. The molecule has 0 saturated carbocycles. The third-order valence-electron chi connectivity index (χ3n) is 4.34. The van der Waals surface area contributed by atoms with E-state index in [0.29, 0.717) is 5.71 Å². The van der Waals surface area contributed by atoms with Crippen LogP contribution in [0, 0.1) is 5.92 Å². The van der Waals surface area contributed by atoms with Crippen molar-refractivity contribution in [1.29, 1.82) is 0 Å². The average molecular weight is 327 g/mol. The van der Waals surface area contributed by atoms with Gasteiger partial charge in [-0.15, -0.1) is 0 Å². The Bertz CT molecular complexity index is 892. The number of amides is 1. The van der Waals surface area contributed by atoms with Gasteiger partial charge < -0.3 is 4.74 Å². The number of hydrogen-bond donors (Lipinski definition) is 0. The van der Waals surface area contributed by atoms with E-state index in [-0.39, 0.29) is 5.92 Å². The maximum Gasteiger partial charge on any atom is 0.434 e. The molecule has 0 bridgehead atoms. The van der Waals surface area contributed by atoms with Crippen molar-refractivity contribution >= 4 is 17.9 Å². The van der Waals surface area contributed by atoms with Gasteiger partial charge in [-0.25, -0.2) is 4.79 Å². The molecule has 0 saturated heterocycles. The molecule has 1 heterocycles. The third-order valence-corrected chi connectivity index (χ3v) is 4.34. The summed E-state index contributed by atoms with van der Waals surface area (Å²) in [5.41, 5.74) is 3.82. The van der Waals surface area contributed by atoms with Gasteiger partial charge in [-0.05, 0) is 11.1 Å². The second kappa shape index (κ2) is 6.73. The molecule has 0 spiro atoms. The summed E-state index contributed by atoms with van der Waals surface area (Å²) < 4.78 is 5.57. The molecule has 4 rings (SSSR count). The van der Waals surface area contributed by atoms with Crippen molar-refractivity contribution in [2.75, 3.05) is 0 Å². The minimum Gasteiger partial charge on any atom is -0.437 e. The fourth-order valence-corrected chi connectivity index (χ4v) is 3.17. The average Bonchev–Trinajstić information content (AvgIpc) is 3.05. The molecule has 0 radical (unpaired) electrons. The number of carbonyl (C=O) groups excluding carboxylic acids is 1. The molecule has 0 aromatic heterocycles. The summed E-state index contributed by atoms with van der Waals surface area (Å²) in [5.74, 6) is -0.0596. The molecule has 2 unspecified atom stereocenters. The summed E-state index contributed by atoms with van der Waals surface area (Å²) in [7, 11) is 0.